The molecule has 0 amide bonds. The van der Waals surface area contributed by atoms with E-state index in [1.807, 2.05) is 0 Å². The van der Waals surface area contributed by atoms with E-state index in [9.17, 15) is 9.90 Å². The van der Waals surface area contributed by atoms with Crippen LogP contribution in [0.4, 0.5) is 0 Å². The summed E-state index contributed by atoms with van der Waals surface area (Å²) in [5, 5.41) is 18.3. The van der Waals surface area contributed by atoms with E-state index in [4.69, 9.17) is 5.11 Å². The van der Waals surface area contributed by atoms with Gasteiger partial charge in [0.1, 0.15) is 5.76 Å². The van der Waals surface area contributed by atoms with Gasteiger partial charge < -0.3 is 10.2 Å². The Kier molecular flexibility index (Phi) is 13.3. The van der Waals surface area contributed by atoms with Crippen LogP contribution in [0.1, 0.15) is 97.3 Å². The average Bonchev–Trinajstić information content (AvgIpc) is 2.47. The molecule has 0 rings (SSSR count). The van der Waals surface area contributed by atoms with Crippen molar-refractivity contribution in [2.24, 2.45) is 0 Å². The molecule has 0 unspecified atom stereocenters. The highest BCUT2D eigenvalue weighted by Gasteiger charge is 2.07. The number of hydrogen-bond donors (Lipinski definition) is 2. The van der Waals surface area contributed by atoms with Gasteiger partial charge in [0.05, 0.1) is 5.57 Å². The summed E-state index contributed by atoms with van der Waals surface area (Å²) in [6, 6.07) is 0. The van der Waals surface area contributed by atoms with Crippen molar-refractivity contribution in [2.45, 2.75) is 97.3 Å². The van der Waals surface area contributed by atoms with E-state index < -0.39 is 5.97 Å². The molecule has 0 aliphatic carbocycles. The Labute approximate surface area is 130 Å². The Morgan fingerprint density at radius 2 is 1.10 bits per heavy atom. The van der Waals surface area contributed by atoms with Crippen LogP contribution in [0.3, 0.4) is 0 Å². The van der Waals surface area contributed by atoms with Crippen LogP contribution < -0.4 is 0 Å². The molecule has 0 atom stereocenters. The number of hydrogen-bond acceptors (Lipinski definition) is 2. The average molecular weight is 298 g/mol. The molecule has 0 aliphatic rings. The highest BCUT2D eigenvalue weighted by atomic mass is 16.4. The molecule has 21 heavy (non-hydrogen) atoms. The van der Waals surface area contributed by atoms with Crippen molar-refractivity contribution in [1.29, 1.82) is 0 Å². The van der Waals surface area contributed by atoms with Crippen molar-refractivity contribution in [3.05, 3.63) is 11.3 Å². The van der Waals surface area contributed by atoms with E-state index in [0.717, 1.165) is 12.8 Å². The summed E-state index contributed by atoms with van der Waals surface area (Å²) in [7, 11) is 0. The molecule has 2 N–H and O–H groups in total. The Morgan fingerprint density at radius 3 is 1.48 bits per heavy atom. The first kappa shape index (κ1) is 20.0. The quantitative estimate of drug-likeness (QED) is 0.235. The predicted octanol–water partition coefficient (Wildman–Crippen LogP) is 5.99. The Hall–Kier alpha value is -0.990. The lowest BCUT2D eigenvalue weighted by molar-refractivity contribution is -0.132. The van der Waals surface area contributed by atoms with Gasteiger partial charge in [-0.25, -0.2) is 4.79 Å². The second kappa shape index (κ2) is 14.0. The third kappa shape index (κ3) is 12.5. The van der Waals surface area contributed by atoms with Crippen molar-refractivity contribution in [3.63, 3.8) is 0 Å². The van der Waals surface area contributed by atoms with Crippen molar-refractivity contribution in [2.75, 3.05) is 0 Å². The third-order valence-corrected chi connectivity index (χ3v) is 4.02. The van der Waals surface area contributed by atoms with Crippen LogP contribution in [0.15, 0.2) is 11.3 Å². The summed E-state index contributed by atoms with van der Waals surface area (Å²) in [6.45, 7) is 3.71. The maximum absolute atomic E-state index is 10.6. The fourth-order valence-electron chi connectivity index (χ4n) is 2.44. The van der Waals surface area contributed by atoms with E-state index in [-0.39, 0.29) is 11.3 Å². The van der Waals surface area contributed by atoms with Crippen LogP contribution in [0, 0.1) is 0 Å². The topological polar surface area (TPSA) is 57.5 Å². The highest BCUT2D eigenvalue weighted by Crippen LogP contribution is 2.14. The van der Waals surface area contributed by atoms with Gasteiger partial charge in [0, 0.05) is 6.42 Å². The van der Waals surface area contributed by atoms with Gasteiger partial charge in [0.15, 0.2) is 0 Å². The predicted molar refractivity (Wildman–Crippen MR) is 88.7 cm³/mol. The molecule has 3 nitrogen and oxygen atoms in total. The number of aliphatic hydroxyl groups is 1. The lowest BCUT2D eigenvalue weighted by Crippen LogP contribution is -2.01. The molecule has 0 aromatic rings. The molecule has 0 aromatic carbocycles. The number of carboxylic acid groups (broad SMARTS) is 1. The minimum Gasteiger partial charge on any atom is -0.512 e. The molecule has 124 valence electrons. The molecule has 0 saturated heterocycles. The minimum atomic E-state index is -1.02. The minimum absolute atomic E-state index is 0.0366. The zero-order valence-electron chi connectivity index (χ0n) is 14.0. The van der Waals surface area contributed by atoms with E-state index in [0.29, 0.717) is 6.42 Å². The van der Waals surface area contributed by atoms with E-state index >= 15 is 0 Å². The van der Waals surface area contributed by atoms with Crippen molar-refractivity contribution in [1.82, 2.24) is 0 Å². The lowest BCUT2D eigenvalue weighted by Gasteiger charge is -2.04. The zero-order valence-corrected chi connectivity index (χ0v) is 14.0. The number of aliphatic carboxylic acids is 1. The highest BCUT2D eigenvalue weighted by molar-refractivity contribution is 5.86. The molecular formula is C18H34O3. The van der Waals surface area contributed by atoms with E-state index in [2.05, 4.69) is 6.92 Å². The molecule has 0 heterocycles. The lowest BCUT2D eigenvalue weighted by atomic mass is 10.0. The number of allylic oxidation sites excluding steroid dienone is 1. The van der Waals surface area contributed by atoms with Crippen molar-refractivity contribution in [3.8, 4) is 0 Å². The first-order chi connectivity index (χ1) is 10.1. The standard InChI is InChI=1S/C18H34O3/c1-3-4-5-6-7-8-9-10-11-12-13-14-15-17(19)16(2)18(20)21/h19H,3-15H2,1-2H3,(H,20,21)/b17-16+. The maximum atomic E-state index is 10.6. The number of carbonyl (C=O) groups is 1. The fraction of sp³-hybridized carbons (Fsp3) is 0.833. The van der Waals surface area contributed by atoms with Crippen molar-refractivity contribution >= 4 is 5.97 Å². The largest absolute Gasteiger partial charge is 0.512 e. The summed E-state index contributed by atoms with van der Waals surface area (Å²) in [4.78, 5) is 10.6. The van der Waals surface area contributed by atoms with Crippen LogP contribution in [-0.4, -0.2) is 16.2 Å². The van der Waals surface area contributed by atoms with Gasteiger partial charge >= 0.3 is 5.97 Å². The maximum Gasteiger partial charge on any atom is 0.334 e. The van der Waals surface area contributed by atoms with Gasteiger partial charge in [-0.15, -0.1) is 0 Å². The van der Waals surface area contributed by atoms with E-state index in [1.165, 1.54) is 71.1 Å². The van der Waals surface area contributed by atoms with Gasteiger partial charge in [-0.1, -0.05) is 77.6 Å². The van der Waals surface area contributed by atoms with Crippen LogP contribution in [0.2, 0.25) is 0 Å². The number of carboxylic acids is 1. The Bertz CT molecular complexity index is 295. The van der Waals surface area contributed by atoms with Gasteiger partial charge in [-0.2, -0.15) is 0 Å². The van der Waals surface area contributed by atoms with Gasteiger partial charge in [-0.05, 0) is 13.3 Å². The van der Waals surface area contributed by atoms with Crippen LogP contribution in [0.5, 0.6) is 0 Å². The molecule has 0 radical (unpaired) electrons. The number of aliphatic hydroxyl groups excluding tert-OH is 1. The Balaban J connectivity index is 3.30. The second-order valence-corrected chi connectivity index (χ2v) is 6.02. The zero-order chi connectivity index (χ0) is 15.9. The summed E-state index contributed by atoms with van der Waals surface area (Å²) in [6.07, 6.45) is 15.8. The molecule has 0 spiro atoms. The molecular weight excluding hydrogens is 264 g/mol. The molecule has 0 saturated carbocycles. The summed E-state index contributed by atoms with van der Waals surface area (Å²) in [5.41, 5.74) is 0.0815. The fourth-order valence-corrected chi connectivity index (χ4v) is 2.44. The number of unbranched alkanes of at least 4 members (excludes halogenated alkanes) is 11. The third-order valence-electron chi connectivity index (χ3n) is 4.02. The van der Waals surface area contributed by atoms with E-state index in [1.54, 1.807) is 0 Å². The molecule has 0 aliphatic heterocycles. The summed E-state index contributed by atoms with van der Waals surface area (Å²) >= 11 is 0. The first-order valence-electron chi connectivity index (χ1n) is 8.71. The second-order valence-electron chi connectivity index (χ2n) is 6.02. The van der Waals surface area contributed by atoms with Gasteiger partial charge in [0.25, 0.3) is 0 Å². The van der Waals surface area contributed by atoms with Gasteiger partial charge in [-0.3, -0.25) is 0 Å². The first-order valence-corrected chi connectivity index (χ1v) is 8.71. The van der Waals surface area contributed by atoms with Gasteiger partial charge in [0.2, 0.25) is 0 Å². The number of rotatable bonds is 14. The van der Waals surface area contributed by atoms with Crippen LogP contribution in [0.25, 0.3) is 0 Å². The monoisotopic (exact) mass is 298 g/mol. The smallest absolute Gasteiger partial charge is 0.334 e. The SMILES string of the molecule is CCCCCCCCCCCCCC/C(O)=C(/C)C(=O)O. The molecule has 0 aromatic heterocycles. The summed E-state index contributed by atoms with van der Waals surface area (Å²) in [5.74, 6) is -0.985. The summed E-state index contributed by atoms with van der Waals surface area (Å²) < 4.78 is 0. The molecule has 3 heteroatoms. The normalized spacial score (nSPS) is 12.3. The molecule has 0 bridgehead atoms. The Morgan fingerprint density at radius 1 is 0.714 bits per heavy atom. The van der Waals surface area contributed by atoms with Crippen LogP contribution >= 0.6 is 0 Å². The van der Waals surface area contributed by atoms with Crippen molar-refractivity contribution < 1.29 is 15.0 Å². The van der Waals surface area contributed by atoms with Crippen LogP contribution in [-0.2, 0) is 4.79 Å². The molecule has 0 fully saturated rings.